The van der Waals surface area contributed by atoms with Crippen molar-refractivity contribution in [3.63, 3.8) is 0 Å². The van der Waals surface area contributed by atoms with Gasteiger partial charge in [0.05, 0.1) is 17.8 Å². The summed E-state index contributed by atoms with van der Waals surface area (Å²) in [6, 6.07) is 15.5. The summed E-state index contributed by atoms with van der Waals surface area (Å²) in [5, 5.41) is 13.2. The number of rotatable bonds is 3. The van der Waals surface area contributed by atoms with E-state index in [0.29, 0.717) is 17.9 Å². The normalized spacial score (nSPS) is 19.8. The number of aliphatic hydroxyl groups is 1. The summed E-state index contributed by atoms with van der Waals surface area (Å²) in [7, 11) is 1.95. The van der Waals surface area contributed by atoms with E-state index in [1.807, 2.05) is 41.6 Å². The van der Waals surface area contributed by atoms with Gasteiger partial charge in [-0.15, -0.1) is 11.3 Å². The number of fused-ring (bicyclic) bond motifs is 1. The first kappa shape index (κ1) is 20.8. The predicted octanol–water partition coefficient (Wildman–Crippen LogP) is 4.97. The highest BCUT2D eigenvalue weighted by Crippen LogP contribution is 2.44. The summed E-state index contributed by atoms with van der Waals surface area (Å²) in [4.78, 5) is 30.6. The molecule has 2 aromatic carbocycles. The van der Waals surface area contributed by atoms with Crippen LogP contribution in [0.1, 0.15) is 16.5 Å². The third-order valence-electron chi connectivity index (χ3n) is 5.67. The van der Waals surface area contributed by atoms with Crippen LogP contribution in [-0.4, -0.2) is 37.0 Å². The minimum Gasteiger partial charge on any atom is -0.507 e. The van der Waals surface area contributed by atoms with Crippen molar-refractivity contribution in [2.24, 2.45) is 0 Å². The number of nitrogens with zero attached hydrogens (tertiary/aromatic N) is 2. The van der Waals surface area contributed by atoms with E-state index in [1.54, 1.807) is 30.3 Å². The van der Waals surface area contributed by atoms with Gasteiger partial charge in [0.15, 0.2) is 0 Å². The third kappa shape index (κ3) is 3.40. The van der Waals surface area contributed by atoms with Gasteiger partial charge in [0.2, 0.25) is 0 Å². The summed E-state index contributed by atoms with van der Waals surface area (Å²) in [5.41, 5.74) is 1.96. The van der Waals surface area contributed by atoms with E-state index in [1.165, 1.54) is 16.2 Å². The maximum absolute atomic E-state index is 13.2. The quantitative estimate of drug-likeness (QED) is 0.306. The molecule has 5 rings (SSSR count). The fourth-order valence-corrected chi connectivity index (χ4v) is 5.31. The number of likely N-dealkylation sites (N-methyl/N-ethyl adjacent to an activating group) is 1. The fraction of sp³-hybridized carbons (Fsp3) is 0.167. The Kier molecular flexibility index (Phi) is 5.27. The van der Waals surface area contributed by atoms with Gasteiger partial charge in [-0.25, -0.2) is 0 Å². The Morgan fingerprint density at radius 2 is 2.00 bits per heavy atom. The van der Waals surface area contributed by atoms with Crippen molar-refractivity contribution in [3.8, 4) is 5.75 Å². The standard InChI is InChI=1S/C24H19BrN2O4S/c1-26-9-10-31-18-8-7-14(12-17(18)26)22(28)20-21(19-6-3-11-32-19)27(24(30)23(20)29)16-5-2-4-15(25)13-16/h2-8,11-13,21,28H,9-10H2,1H3/b22-20-. The number of thiophene rings is 1. The van der Waals surface area contributed by atoms with Crippen LogP contribution in [0.3, 0.4) is 0 Å². The second kappa shape index (κ2) is 8.11. The lowest BCUT2D eigenvalue weighted by atomic mass is 9.99. The molecule has 3 heterocycles. The molecule has 6 nitrogen and oxygen atoms in total. The number of benzene rings is 2. The van der Waals surface area contributed by atoms with Gasteiger partial charge in [-0.2, -0.15) is 0 Å². The van der Waals surface area contributed by atoms with Crippen molar-refractivity contribution in [1.82, 2.24) is 0 Å². The van der Waals surface area contributed by atoms with Crippen LogP contribution >= 0.6 is 27.3 Å². The zero-order valence-corrected chi connectivity index (χ0v) is 19.5. The number of hydrogen-bond acceptors (Lipinski definition) is 6. The van der Waals surface area contributed by atoms with Gasteiger partial charge in [-0.05, 0) is 47.8 Å². The zero-order valence-electron chi connectivity index (χ0n) is 17.1. The minimum absolute atomic E-state index is 0.0803. The molecule has 0 aliphatic carbocycles. The van der Waals surface area contributed by atoms with Crippen molar-refractivity contribution in [2.75, 3.05) is 30.0 Å². The first-order valence-corrected chi connectivity index (χ1v) is 11.7. The van der Waals surface area contributed by atoms with Gasteiger partial charge in [0.1, 0.15) is 24.2 Å². The average Bonchev–Trinajstić information content (AvgIpc) is 3.40. The van der Waals surface area contributed by atoms with Crippen LogP contribution in [0.25, 0.3) is 5.76 Å². The highest BCUT2D eigenvalue weighted by molar-refractivity contribution is 9.10. The summed E-state index contributed by atoms with van der Waals surface area (Å²) >= 11 is 4.87. The molecule has 1 amide bonds. The average molecular weight is 511 g/mol. The Hall–Kier alpha value is -3.10. The Labute approximate surface area is 197 Å². The molecule has 0 bridgehead atoms. The van der Waals surface area contributed by atoms with E-state index >= 15 is 0 Å². The van der Waals surface area contributed by atoms with E-state index in [2.05, 4.69) is 15.9 Å². The third-order valence-corrected chi connectivity index (χ3v) is 7.09. The molecule has 0 radical (unpaired) electrons. The van der Waals surface area contributed by atoms with Crippen LogP contribution in [-0.2, 0) is 9.59 Å². The smallest absolute Gasteiger partial charge is 0.300 e. The van der Waals surface area contributed by atoms with Crippen molar-refractivity contribution in [1.29, 1.82) is 0 Å². The number of carbonyl (C=O) groups is 2. The summed E-state index contributed by atoms with van der Waals surface area (Å²) in [6.07, 6.45) is 0. The van der Waals surface area contributed by atoms with Gasteiger partial charge in [0.25, 0.3) is 11.7 Å². The van der Waals surface area contributed by atoms with Gasteiger partial charge >= 0.3 is 0 Å². The molecule has 8 heteroatoms. The van der Waals surface area contributed by atoms with E-state index in [4.69, 9.17) is 4.74 Å². The predicted molar refractivity (Wildman–Crippen MR) is 128 cm³/mol. The molecule has 162 valence electrons. The number of carbonyl (C=O) groups excluding carboxylic acids is 2. The second-order valence-corrected chi connectivity index (χ2v) is 9.51. The zero-order chi connectivity index (χ0) is 22.4. The van der Waals surface area contributed by atoms with Crippen molar-refractivity contribution < 1.29 is 19.4 Å². The molecule has 1 fully saturated rings. The molecule has 1 aromatic heterocycles. The summed E-state index contributed by atoms with van der Waals surface area (Å²) in [5.74, 6) is -0.842. The van der Waals surface area contributed by atoms with Gasteiger partial charge < -0.3 is 14.7 Å². The van der Waals surface area contributed by atoms with Crippen LogP contribution in [0, 0.1) is 0 Å². The molecule has 1 atom stereocenters. The maximum atomic E-state index is 13.2. The molecule has 2 aliphatic rings. The van der Waals surface area contributed by atoms with E-state index in [-0.39, 0.29) is 11.3 Å². The Balaban J connectivity index is 1.68. The molecular formula is C24H19BrN2O4S. The molecular weight excluding hydrogens is 492 g/mol. The first-order chi connectivity index (χ1) is 15.5. The largest absolute Gasteiger partial charge is 0.507 e. The topological polar surface area (TPSA) is 70.1 Å². The number of ketones is 1. The number of Topliss-reactive ketones (excluding diaryl/α,β-unsaturated/α-hetero) is 1. The Morgan fingerprint density at radius 3 is 2.75 bits per heavy atom. The van der Waals surface area contributed by atoms with Crippen molar-refractivity contribution in [2.45, 2.75) is 6.04 Å². The monoisotopic (exact) mass is 510 g/mol. The van der Waals surface area contributed by atoms with Crippen molar-refractivity contribution in [3.05, 3.63) is 80.5 Å². The van der Waals surface area contributed by atoms with Crippen LogP contribution in [0.2, 0.25) is 0 Å². The second-order valence-electron chi connectivity index (χ2n) is 7.62. The first-order valence-electron chi connectivity index (χ1n) is 10.0. The minimum atomic E-state index is -0.714. The molecule has 0 saturated carbocycles. The molecule has 32 heavy (non-hydrogen) atoms. The molecule has 2 aliphatic heterocycles. The van der Waals surface area contributed by atoms with Gasteiger partial charge in [-0.3, -0.25) is 14.5 Å². The van der Waals surface area contributed by atoms with Gasteiger partial charge in [0, 0.05) is 27.6 Å². The lowest BCUT2D eigenvalue weighted by Gasteiger charge is -2.28. The molecule has 1 N–H and O–H groups in total. The summed E-state index contributed by atoms with van der Waals surface area (Å²) in [6.45, 7) is 1.31. The lowest BCUT2D eigenvalue weighted by molar-refractivity contribution is -0.132. The number of amides is 1. The number of ether oxygens (including phenoxy) is 1. The number of aliphatic hydroxyl groups excluding tert-OH is 1. The highest BCUT2D eigenvalue weighted by atomic mass is 79.9. The van der Waals surface area contributed by atoms with Crippen LogP contribution in [0.15, 0.2) is 70.0 Å². The highest BCUT2D eigenvalue weighted by Gasteiger charge is 2.47. The Morgan fingerprint density at radius 1 is 1.16 bits per heavy atom. The number of anilines is 2. The van der Waals surface area contributed by atoms with E-state index in [9.17, 15) is 14.7 Å². The van der Waals surface area contributed by atoms with Gasteiger partial charge in [-0.1, -0.05) is 28.1 Å². The molecule has 0 spiro atoms. The van der Waals surface area contributed by atoms with Crippen molar-refractivity contribution >= 4 is 56.1 Å². The number of hydrogen-bond donors (Lipinski definition) is 1. The van der Waals surface area contributed by atoms with Crippen LogP contribution in [0.5, 0.6) is 5.75 Å². The fourth-order valence-electron chi connectivity index (χ4n) is 4.09. The molecule has 1 unspecified atom stereocenters. The maximum Gasteiger partial charge on any atom is 0.300 e. The van der Waals surface area contributed by atoms with E-state index < -0.39 is 17.7 Å². The SMILES string of the molecule is CN1CCOc2ccc(/C(O)=C3/C(=O)C(=O)N(c4cccc(Br)c4)C3c3cccs3)cc21. The Bertz CT molecular complexity index is 1250. The van der Waals surface area contributed by atoms with Crippen LogP contribution < -0.4 is 14.5 Å². The van der Waals surface area contributed by atoms with Crippen LogP contribution in [0.4, 0.5) is 11.4 Å². The summed E-state index contributed by atoms with van der Waals surface area (Å²) < 4.78 is 6.48. The molecule has 3 aromatic rings. The molecule has 1 saturated heterocycles. The number of halogens is 1. The van der Waals surface area contributed by atoms with E-state index in [0.717, 1.165) is 27.3 Å². The lowest BCUT2D eigenvalue weighted by Crippen LogP contribution is -2.29.